The minimum absolute atomic E-state index is 0.0310. The molecule has 0 saturated carbocycles. The highest BCUT2D eigenvalue weighted by Gasteiger charge is 2.33. The molecule has 0 amide bonds. The third-order valence-electron chi connectivity index (χ3n) is 6.85. The first-order valence-corrected chi connectivity index (χ1v) is 17.6. The first kappa shape index (κ1) is 37.4. The predicted molar refractivity (Wildman–Crippen MR) is 173 cm³/mol. The van der Waals surface area contributed by atoms with E-state index in [0.717, 1.165) is 18.2 Å². The summed E-state index contributed by atoms with van der Waals surface area (Å²) in [6.07, 6.45) is -2.84. The summed E-state index contributed by atoms with van der Waals surface area (Å²) in [7, 11) is -8.44. The lowest BCUT2D eigenvalue weighted by Gasteiger charge is -2.30. The maximum Gasteiger partial charge on any atom is 0.305 e. The quantitative estimate of drug-likeness (QED) is 0.120. The zero-order valence-electron chi connectivity index (χ0n) is 26.5. The van der Waals surface area contributed by atoms with Gasteiger partial charge >= 0.3 is 11.9 Å². The largest absolute Gasteiger partial charge is 0.421 e. The van der Waals surface area contributed by atoms with Crippen molar-refractivity contribution in [2.45, 2.75) is 68.9 Å². The molecule has 0 unspecified atom stereocenters. The van der Waals surface area contributed by atoms with E-state index in [1.165, 1.54) is 48.5 Å². The number of hydrogen-bond donors (Lipinski definition) is 2. The predicted octanol–water partition coefficient (Wildman–Crippen LogP) is 3.68. The lowest BCUT2D eigenvalue weighted by atomic mass is 10.0. The monoisotopic (exact) mass is 689 g/mol. The Balaban J connectivity index is 1.92. The van der Waals surface area contributed by atoms with E-state index in [-0.39, 0.29) is 40.8 Å². The summed E-state index contributed by atoms with van der Waals surface area (Å²) in [6, 6.07) is 18.4. The molecule has 47 heavy (non-hydrogen) atoms. The minimum Gasteiger partial charge on any atom is -0.421 e. The van der Waals surface area contributed by atoms with Crippen LogP contribution in [0.1, 0.15) is 50.7 Å². The number of sulfonamides is 2. The van der Waals surface area contributed by atoms with Crippen molar-refractivity contribution < 1.29 is 41.0 Å². The van der Waals surface area contributed by atoms with E-state index >= 15 is 0 Å². The Morgan fingerprint density at radius 1 is 0.809 bits per heavy atom. The van der Waals surface area contributed by atoms with Crippen molar-refractivity contribution in [3.63, 3.8) is 0 Å². The van der Waals surface area contributed by atoms with Crippen LogP contribution in [0.25, 0.3) is 0 Å². The molecule has 0 aliphatic rings. The SMILES string of the molecule is CC(=O)OC(OC(C)=O)c1ccc(S(=O)(=O)N[C@@H](Cc2ccccc2)[C@H](O)CN(CC(C)C)S(=O)(=O)c2ccc(CN=O)cc2)cc1. The number of esters is 2. The zero-order chi connectivity index (χ0) is 34.8. The Bertz CT molecular complexity index is 1700. The van der Waals surface area contributed by atoms with Crippen molar-refractivity contribution in [3.8, 4) is 0 Å². The molecule has 0 fully saturated rings. The molecule has 3 rings (SSSR count). The van der Waals surface area contributed by atoms with Gasteiger partial charge in [-0.15, -0.1) is 0 Å². The fraction of sp³-hybridized carbons (Fsp3) is 0.375. The number of nitrogens with one attached hydrogen (secondary N) is 1. The molecule has 0 aliphatic heterocycles. The van der Waals surface area contributed by atoms with Crippen LogP contribution in [0.5, 0.6) is 0 Å². The molecule has 13 nitrogen and oxygen atoms in total. The van der Waals surface area contributed by atoms with Gasteiger partial charge in [-0.3, -0.25) is 9.59 Å². The molecule has 0 aromatic heterocycles. The van der Waals surface area contributed by atoms with Crippen LogP contribution < -0.4 is 4.72 Å². The van der Waals surface area contributed by atoms with Gasteiger partial charge in [-0.25, -0.2) is 21.6 Å². The Hall–Kier alpha value is -4.02. The molecule has 0 heterocycles. The van der Waals surface area contributed by atoms with Crippen molar-refractivity contribution in [1.29, 1.82) is 0 Å². The standard InChI is InChI=1S/C32H39N3O10S2/c1-22(2)20-35(47(42,43)29-14-10-26(11-15-29)19-33-39)21-31(38)30(18-25-8-6-5-7-9-25)34-46(40,41)28-16-12-27(13-17-28)32(44-23(3)36)45-24(4)37/h5-17,22,30-32,34,38H,18-21H2,1-4H3/t30-,31+/m0/s1. The molecular formula is C32H39N3O10S2. The van der Waals surface area contributed by atoms with E-state index in [4.69, 9.17) is 9.47 Å². The molecule has 0 bridgehead atoms. The van der Waals surface area contributed by atoms with Gasteiger partial charge in [0.2, 0.25) is 20.0 Å². The molecule has 0 spiro atoms. The van der Waals surface area contributed by atoms with Crippen LogP contribution in [0, 0.1) is 10.8 Å². The second-order valence-corrected chi connectivity index (χ2v) is 14.9. The topological polar surface area (TPSA) is 186 Å². The third kappa shape index (κ3) is 11.0. The molecule has 0 aliphatic carbocycles. The van der Waals surface area contributed by atoms with Gasteiger partial charge in [-0.05, 0) is 47.7 Å². The van der Waals surface area contributed by atoms with Crippen LogP contribution in [0.2, 0.25) is 0 Å². The molecule has 0 radical (unpaired) electrons. The lowest BCUT2D eigenvalue weighted by molar-refractivity contribution is -0.186. The number of benzene rings is 3. The van der Waals surface area contributed by atoms with Crippen LogP contribution in [0.15, 0.2) is 93.8 Å². The number of aliphatic hydroxyl groups is 1. The molecule has 3 aromatic rings. The number of carbonyl (C=O) groups excluding carboxylic acids is 2. The van der Waals surface area contributed by atoms with Gasteiger partial charge in [0.05, 0.1) is 21.9 Å². The average molecular weight is 690 g/mol. The second kappa shape index (κ2) is 16.7. The fourth-order valence-electron chi connectivity index (χ4n) is 4.66. The van der Waals surface area contributed by atoms with Gasteiger partial charge in [0.15, 0.2) is 0 Å². The van der Waals surface area contributed by atoms with Crippen LogP contribution in [0.4, 0.5) is 0 Å². The number of carbonyl (C=O) groups is 2. The first-order valence-electron chi connectivity index (χ1n) is 14.7. The Labute approximate surface area is 275 Å². The molecule has 2 N–H and O–H groups in total. The Morgan fingerprint density at radius 3 is 1.87 bits per heavy atom. The van der Waals surface area contributed by atoms with Gasteiger partial charge in [0.1, 0.15) is 6.54 Å². The van der Waals surface area contributed by atoms with Gasteiger partial charge in [0.25, 0.3) is 6.29 Å². The van der Waals surface area contributed by atoms with Crippen LogP contribution in [0.3, 0.4) is 0 Å². The maximum atomic E-state index is 13.7. The highest BCUT2D eigenvalue weighted by atomic mass is 32.2. The van der Waals surface area contributed by atoms with Crippen molar-refractivity contribution in [1.82, 2.24) is 9.03 Å². The summed E-state index contributed by atoms with van der Waals surface area (Å²) in [5, 5.41) is 14.3. The van der Waals surface area contributed by atoms with Crippen molar-refractivity contribution in [2.75, 3.05) is 13.1 Å². The summed E-state index contributed by atoms with van der Waals surface area (Å²) in [5.74, 6) is -1.57. The molecular weight excluding hydrogens is 650 g/mol. The zero-order valence-corrected chi connectivity index (χ0v) is 28.1. The number of ether oxygens (including phenoxy) is 2. The van der Waals surface area contributed by atoms with E-state index in [1.807, 2.05) is 13.8 Å². The summed E-state index contributed by atoms with van der Waals surface area (Å²) >= 11 is 0. The summed E-state index contributed by atoms with van der Waals surface area (Å²) < 4.78 is 68.3. The fourth-order valence-corrected chi connectivity index (χ4v) is 7.55. The summed E-state index contributed by atoms with van der Waals surface area (Å²) in [5.41, 5.74) is 1.44. The number of aliphatic hydroxyl groups excluding tert-OH is 1. The van der Waals surface area contributed by atoms with E-state index in [2.05, 4.69) is 9.90 Å². The second-order valence-electron chi connectivity index (χ2n) is 11.3. The number of rotatable bonds is 17. The number of hydrogen-bond acceptors (Lipinski definition) is 11. The molecule has 3 aromatic carbocycles. The van der Waals surface area contributed by atoms with Gasteiger partial charge < -0.3 is 14.6 Å². The molecule has 2 atom stereocenters. The normalized spacial score (nSPS) is 13.4. The van der Waals surface area contributed by atoms with Crippen molar-refractivity contribution in [2.24, 2.45) is 11.1 Å². The molecule has 0 saturated heterocycles. The lowest BCUT2D eigenvalue weighted by Crippen LogP contribution is -2.51. The van der Waals surface area contributed by atoms with Gasteiger partial charge in [0, 0.05) is 32.5 Å². The third-order valence-corrected chi connectivity index (χ3v) is 10.2. The Kier molecular flexibility index (Phi) is 13.3. The van der Waals surface area contributed by atoms with E-state index in [9.17, 15) is 36.4 Å². The first-order chi connectivity index (χ1) is 22.1. The van der Waals surface area contributed by atoms with Gasteiger partial charge in [-0.2, -0.15) is 9.21 Å². The molecule has 254 valence electrons. The Morgan fingerprint density at radius 2 is 1.36 bits per heavy atom. The molecule has 15 heteroatoms. The average Bonchev–Trinajstić information content (AvgIpc) is 3.00. The van der Waals surface area contributed by atoms with E-state index in [0.29, 0.717) is 11.1 Å². The highest BCUT2D eigenvalue weighted by molar-refractivity contribution is 7.89. The summed E-state index contributed by atoms with van der Waals surface area (Å²) in [4.78, 5) is 33.3. The number of nitrogens with zero attached hydrogens (tertiary/aromatic N) is 2. The number of nitroso groups, excluding NO2 is 1. The van der Waals surface area contributed by atoms with E-state index < -0.39 is 57.0 Å². The minimum atomic E-state index is -4.30. The van der Waals surface area contributed by atoms with E-state index in [1.54, 1.807) is 30.3 Å². The maximum absolute atomic E-state index is 13.7. The van der Waals surface area contributed by atoms with Crippen LogP contribution in [-0.4, -0.2) is 63.4 Å². The van der Waals surface area contributed by atoms with Crippen LogP contribution in [-0.2, 0) is 52.1 Å². The van der Waals surface area contributed by atoms with Crippen molar-refractivity contribution >= 4 is 32.0 Å². The van der Waals surface area contributed by atoms with Crippen molar-refractivity contribution in [3.05, 3.63) is 100 Å². The summed E-state index contributed by atoms with van der Waals surface area (Å²) in [6.45, 7) is 5.39. The highest BCUT2D eigenvalue weighted by Crippen LogP contribution is 2.24. The van der Waals surface area contributed by atoms with Gasteiger partial charge in [-0.1, -0.05) is 73.6 Å². The van der Waals surface area contributed by atoms with Crippen LogP contribution >= 0.6 is 0 Å². The smallest absolute Gasteiger partial charge is 0.305 e.